The van der Waals surface area contributed by atoms with Crippen molar-refractivity contribution in [2.24, 2.45) is 0 Å². The van der Waals surface area contributed by atoms with Gasteiger partial charge in [-0.25, -0.2) is 9.97 Å². The van der Waals surface area contributed by atoms with Gasteiger partial charge in [-0.15, -0.1) is 0 Å². The Morgan fingerprint density at radius 2 is 1.82 bits per heavy atom. The molecule has 4 rings (SSSR count). The van der Waals surface area contributed by atoms with E-state index < -0.39 is 0 Å². The Morgan fingerprint density at radius 3 is 2.64 bits per heavy atom. The van der Waals surface area contributed by atoms with Crippen molar-refractivity contribution in [3.05, 3.63) is 48.7 Å². The summed E-state index contributed by atoms with van der Waals surface area (Å²) in [5, 5.41) is 19.2. The third-order valence-corrected chi connectivity index (χ3v) is 3.63. The average Bonchev–Trinajstić information content (AvgIpc) is 2.96. The van der Waals surface area contributed by atoms with E-state index in [-0.39, 0.29) is 11.5 Å². The molecule has 4 aromatic rings. The van der Waals surface area contributed by atoms with E-state index in [1.807, 2.05) is 28.7 Å². The van der Waals surface area contributed by atoms with Gasteiger partial charge in [0.15, 0.2) is 23.0 Å². The maximum Gasteiger partial charge on any atom is 0.180 e. The normalized spacial score (nSPS) is 11.3. The van der Waals surface area contributed by atoms with E-state index in [1.54, 1.807) is 12.3 Å². The lowest BCUT2D eigenvalue weighted by Crippen LogP contribution is -1.99. The molecule has 0 saturated heterocycles. The molecule has 0 atom stereocenters. The van der Waals surface area contributed by atoms with E-state index >= 15 is 0 Å². The number of para-hydroxylation sites is 2. The second kappa shape index (κ2) is 4.36. The quantitative estimate of drug-likeness (QED) is 0.468. The maximum atomic E-state index is 9.72. The zero-order valence-electron chi connectivity index (χ0n) is 11.4. The molecule has 108 valence electrons. The smallest absolute Gasteiger partial charge is 0.180 e. The molecule has 2 aromatic carbocycles. The number of fused-ring (bicyclic) bond motifs is 3. The standard InChI is InChI=1S/C16H12N4O2/c17-15-16-18-8-12(9-5-6-13(21)14(22)7-9)20(16)11-4-2-1-3-10(11)19-15/h1-8,21-22H,(H2,17,19). The van der Waals surface area contributed by atoms with Gasteiger partial charge in [0.2, 0.25) is 0 Å². The lowest BCUT2D eigenvalue weighted by molar-refractivity contribution is 0.404. The Labute approximate surface area is 125 Å². The van der Waals surface area contributed by atoms with Crippen LogP contribution in [-0.4, -0.2) is 24.6 Å². The van der Waals surface area contributed by atoms with E-state index in [9.17, 15) is 10.2 Å². The molecule has 0 spiro atoms. The van der Waals surface area contributed by atoms with Gasteiger partial charge in [0.05, 0.1) is 22.9 Å². The molecular weight excluding hydrogens is 280 g/mol. The Hall–Kier alpha value is -3.28. The van der Waals surface area contributed by atoms with Crippen LogP contribution in [0.25, 0.3) is 27.9 Å². The summed E-state index contributed by atoms with van der Waals surface area (Å²) in [6.45, 7) is 0. The SMILES string of the molecule is Nc1nc2ccccc2n2c(-c3ccc(O)c(O)c3)cnc12. The highest BCUT2D eigenvalue weighted by Gasteiger charge is 2.13. The van der Waals surface area contributed by atoms with E-state index in [4.69, 9.17) is 5.73 Å². The Balaban J connectivity index is 2.12. The predicted octanol–water partition coefficient (Wildman–Crippen LogP) is 2.54. The van der Waals surface area contributed by atoms with Crippen molar-refractivity contribution in [2.75, 3.05) is 5.73 Å². The fraction of sp³-hybridized carbons (Fsp3) is 0. The monoisotopic (exact) mass is 292 g/mol. The van der Waals surface area contributed by atoms with Crippen LogP contribution in [0.3, 0.4) is 0 Å². The van der Waals surface area contributed by atoms with Crippen LogP contribution < -0.4 is 5.73 Å². The minimum atomic E-state index is -0.182. The first-order valence-corrected chi connectivity index (χ1v) is 6.69. The van der Waals surface area contributed by atoms with Crippen LogP contribution >= 0.6 is 0 Å². The van der Waals surface area contributed by atoms with Crippen LogP contribution in [0.5, 0.6) is 11.5 Å². The van der Waals surface area contributed by atoms with E-state index in [2.05, 4.69) is 9.97 Å². The number of hydrogen-bond acceptors (Lipinski definition) is 5. The molecule has 0 fully saturated rings. The van der Waals surface area contributed by atoms with Gasteiger partial charge in [0.1, 0.15) is 0 Å². The summed E-state index contributed by atoms with van der Waals surface area (Å²) in [5.74, 6) is -0.00431. The summed E-state index contributed by atoms with van der Waals surface area (Å²) < 4.78 is 1.89. The second-order valence-electron chi connectivity index (χ2n) is 4.99. The molecular formula is C16H12N4O2. The lowest BCUT2D eigenvalue weighted by atomic mass is 10.1. The number of phenolic OH excluding ortho intramolecular Hbond substituents is 2. The number of aromatic nitrogens is 3. The van der Waals surface area contributed by atoms with Gasteiger partial charge in [-0.3, -0.25) is 4.40 Å². The van der Waals surface area contributed by atoms with E-state index in [0.717, 1.165) is 22.3 Å². The van der Waals surface area contributed by atoms with Gasteiger partial charge in [0, 0.05) is 5.56 Å². The van der Waals surface area contributed by atoms with Gasteiger partial charge < -0.3 is 15.9 Å². The zero-order valence-corrected chi connectivity index (χ0v) is 11.4. The largest absolute Gasteiger partial charge is 0.504 e. The Bertz CT molecular complexity index is 1020. The summed E-state index contributed by atoms with van der Waals surface area (Å²) in [4.78, 5) is 8.68. The number of nitrogens with zero attached hydrogens (tertiary/aromatic N) is 3. The van der Waals surface area contributed by atoms with Crippen LogP contribution in [-0.2, 0) is 0 Å². The molecule has 0 amide bonds. The van der Waals surface area contributed by atoms with Gasteiger partial charge in [-0.05, 0) is 30.3 Å². The summed E-state index contributed by atoms with van der Waals surface area (Å²) in [5.41, 5.74) is 9.65. The van der Waals surface area contributed by atoms with Crippen molar-refractivity contribution >= 4 is 22.5 Å². The number of nitrogen functional groups attached to an aromatic ring is 1. The number of benzene rings is 2. The van der Waals surface area contributed by atoms with Crippen LogP contribution in [0.15, 0.2) is 48.7 Å². The summed E-state index contributed by atoms with van der Waals surface area (Å²) in [6, 6.07) is 12.3. The number of nitrogens with two attached hydrogens (primary N) is 1. The minimum absolute atomic E-state index is 0.163. The number of hydrogen-bond donors (Lipinski definition) is 3. The molecule has 6 nitrogen and oxygen atoms in total. The summed E-state index contributed by atoms with van der Waals surface area (Å²) >= 11 is 0. The van der Waals surface area contributed by atoms with Crippen molar-refractivity contribution in [3.8, 4) is 22.8 Å². The van der Waals surface area contributed by atoms with Gasteiger partial charge in [0.25, 0.3) is 0 Å². The maximum absolute atomic E-state index is 9.72. The first-order valence-electron chi connectivity index (χ1n) is 6.69. The fourth-order valence-corrected chi connectivity index (χ4v) is 2.59. The van der Waals surface area contributed by atoms with Crippen LogP contribution in [0.2, 0.25) is 0 Å². The molecule has 2 aromatic heterocycles. The molecule has 6 heteroatoms. The third kappa shape index (κ3) is 1.67. The fourth-order valence-electron chi connectivity index (χ4n) is 2.59. The van der Waals surface area contributed by atoms with Gasteiger partial charge >= 0.3 is 0 Å². The van der Waals surface area contributed by atoms with Crippen LogP contribution in [0.1, 0.15) is 0 Å². The number of anilines is 1. The van der Waals surface area contributed by atoms with E-state index in [0.29, 0.717) is 11.5 Å². The molecule has 0 aliphatic carbocycles. The molecule has 2 heterocycles. The van der Waals surface area contributed by atoms with Gasteiger partial charge in [-0.2, -0.15) is 0 Å². The minimum Gasteiger partial charge on any atom is -0.504 e. The van der Waals surface area contributed by atoms with Crippen LogP contribution in [0.4, 0.5) is 5.82 Å². The number of phenols is 2. The second-order valence-corrected chi connectivity index (χ2v) is 4.99. The Morgan fingerprint density at radius 1 is 1.00 bits per heavy atom. The van der Waals surface area contributed by atoms with Gasteiger partial charge in [-0.1, -0.05) is 12.1 Å². The summed E-state index contributed by atoms with van der Waals surface area (Å²) in [6.07, 6.45) is 1.67. The Kier molecular flexibility index (Phi) is 2.47. The average molecular weight is 292 g/mol. The predicted molar refractivity (Wildman–Crippen MR) is 83.7 cm³/mol. The number of imidazole rings is 1. The van der Waals surface area contributed by atoms with Crippen molar-refractivity contribution in [3.63, 3.8) is 0 Å². The third-order valence-electron chi connectivity index (χ3n) is 3.63. The molecule has 0 aliphatic heterocycles. The zero-order chi connectivity index (χ0) is 15.3. The number of rotatable bonds is 1. The van der Waals surface area contributed by atoms with Crippen molar-refractivity contribution < 1.29 is 10.2 Å². The molecule has 4 N–H and O–H groups in total. The molecule has 0 radical (unpaired) electrons. The molecule has 22 heavy (non-hydrogen) atoms. The van der Waals surface area contributed by atoms with Crippen molar-refractivity contribution in [1.29, 1.82) is 0 Å². The highest BCUT2D eigenvalue weighted by atomic mass is 16.3. The lowest BCUT2D eigenvalue weighted by Gasteiger charge is -2.08. The highest BCUT2D eigenvalue weighted by molar-refractivity contribution is 5.85. The molecule has 0 saturated carbocycles. The molecule has 0 aliphatic rings. The van der Waals surface area contributed by atoms with Crippen molar-refractivity contribution in [2.45, 2.75) is 0 Å². The van der Waals surface area contributed by atoms with Crippen LogP contribution in [0, 0.1) is 0 Å². The van der Waals surface area contributed by atoms with Crippen molar-refractivity contribution in [1.82, 2.24) is 14.4 Å². The first-order chi connectivity index (χ1) is 10.6. The topological polar surface area (TPSA) is 96.7 Å². The summed E-state index contributed by atoms with van der Waals surface area (Å²) in [7, 11) is 0. The highest BCUT2D eigenvalue weighted by Crippen LogP contribution is 2.32. The number of aromatic hydroxyl groups is 2. The molecule has 0 unspecified atom stereocenters. The van der Waals surface area contributed by atoms with E-state index in [1.165, 1.54) is 12.1 Å². The molecule has 0 bridgehead atoms. The first kappa shape index (κ1) is 12.5.